The highest BCUT2D eigenvalue weighted by molar-refractivity contribution is 5.05. The van der Waals surface area contributed by atoms with Crippen molar-refractivity contribution in [3.05, 3.63) is 0 Å². The van der Waals surface area contributed by atoms with E-state index < -0.39 is 0 Å². The fraction of sp³-hybridized carbons (Fsp3) is 1.00. The van der Waals surface area contributed by atoms with Gasteiger partial charge in [-0.3, -0.25) is 4.90 Å². The van der Waals surface area contributed by atoms with Crippen molar-refractivity contribution in [1.82, 2.24) is 10.2 Å². The van der Waals surface area contributed by atoms with E-state index >= 15 is 0 Å². The van der Waals surface area contributed by atoms with Crippen molar-refractivity contribution in [3.63, 3.8) is 0 Å². The van der Waals surface area contributed by atoms with E-state index in [1.807, 2.05) is 0 Å². The van der Waals surface area contributed by atoms with Gasteiger partial charge in [-0.25, -0.2) is 0 Å². The van der Waals surface area contributed by atoms with Crippen molar-refractivity contribution >= 4 is 0 Å². The molecule has 1 saturated heterocycles. The lowest BCUT2D eigenvalue weighted by atomic mass is 9.61. The van der Waals surface area contributed by atoms with Crippen LogP contribution >= 0.6 is 0 Å². The van der Waals surface area contributed by atoms with Crippen LogP contribution in [0.4, 0.5) is 0 Å². The molecule has 0 amide bonds. The fourth-order valence-electron chi connectivity index (χ4n) is 3.53. The van der Waals surface area contributed by atoms with Crippen molar-refractivity contribution in [1.29, 1.82) is 0 Å². The standard InChI is InChI=1S/C16H32N2O2/c1-5-16(4)14(10-15(16)19-7-3)17-11-13-12-18(6-2)8-9-20-13/h13-15,17H,5-12H2,1-4H3. The maximum atomic E-state index is 5.87. The van der Waals surface area contributed by atoms with Crippen LogP contribution in [-0.2, 0) is 9.47 Å². The molecule has 0 radical (unpaired) electrons. The molecule has 2 rings (SSSR count). The number of morpholine rings is 1. The van der Waals surface area contributed by atoms with Crippen molar-refractivity contribution in [2.24, 2.45) is 5.41 Å². The third-order valence-corrected chi connectivity index (χ3v) is 5.37. The summed E-state index contributed by atoms with van der Waals surface area (Å²) < 4.78 is 11.7. The summed E-state index contributed by atoms with van der Waals surface area (Å²) in [6, 6.07) is 0.574. The third kappa shape index (κ3) is 3.35. The molecule has 0 aromatic rings. The lowest BCUT2D eigenvalue weighted by Gasteiger charge is -2.54. The van der Waals surface area contributed by atoms with Crippen LogP contribution < -0.4 is 5.32 Å². The van der Waals surface area contributed by atoms with Crippen molar-refractivity contribution < 1.29 is 9.47 Å². The molecule has 0 spiro atoms. The van der Waals surface area contributed by atoms with Crippen LogP contribution in [0.1, 0.15) is 40.5 Å². The van der Waals surface area contributed by atoms with Crippen LogP contribution in [0.25, 0.3) is 0 Å². The van der Waals surface area contributed by atoms with E-state index in [1.54, 1.807) is 0 Å². The Kier molecular flexibility index (Phi) is 5.84. The number of hydrogen-bond donors (Lipinski definition) is 1. The number of likely N-dealkylation sites (N-methyl/N-ethyl adjacent to an activating group) is 1. The van der Waals surface area contributed by atoms with Crippen LogP contribution in [0, 0.1) is 5.41 Å². The van der Waals surface area contributed by atoms with Gasteiger partial charge >= 0.3 is 0 Å². The van der Waals surface area contributed by atoms with Crippen LogP contribution in [0.5, 0.6) is 0 Å². The summed E-state index contributed by atoms with van der Waals surface area (Å²) in [5.74, 6) is 0. The van der Waals surface area contributed by atoms with Crippen molar-refractivity contribution in [2.75, 3.05) is 39.4 Å². The molecule has 1 saturated carbocycles. The second-order valence-electron chi connectivity index (χ2n) is 6.39. The summed E-state index contributed by atoms with van der Waals surface area (Å²) in [5, 5.41) is 3.73. The van der Waals surface area contributed by atoms with Crippen molar-refractivity contribution in [2.45, 2.75) is 58.8 Å². The maximum absolute atomic E-state index is 5.87. The molecular weight excluding hydrogens is 252 g/mol. The Morgan fingerprint density at radius 1 is 1.35 bits per heavy atom. The Morgan fingerprint density at radius 3 is 2.80 bits per heavy atom. The monoisotopic (exact) mass is 284 g/mol. The number of nitrogens with zero attached hydrogens (tertiary/aromatic N) is 1. The van der Waals surface area contributed by atoms with E-state index in [-0.39, 0.29) is 5.41 Å². The zero-order chi connectivity index (χ0) is 14.6. The van der Waals surface area contributed by atoms with Crippen LogP contribution in [-0.4, -0.2) is 62.5 Å². The first kappa shape index (κ1) is 16.2. The number of rotatable bonds is 7. The van der Waals surface area contributed by atoms with Crippen LogP contribution in [0.3, 0.4) is 0 Å². The molecule has 20 heavy (non-hydrogen) atoms. The van der Waals surface area contributed by atoms with Gasteiger partial charge in [0.1, 0.15) is 0 Å². The average molecular weight is 284 g/mol. The molecule has 1 aliphatic carbocycles. The molecule has 118 valence electrons. The summed E-state index contributed by atoms with van der Waals surface area (Å²) in [5.41, 5.74) is 0.287. The van der Waals surface area contributed by atoms with Gasteiger partial charge in [0, 0.05) is 37.7 Å². The van der Waals surface area contributed by atoms with E-state index in [9.17, 15) is 0 Å². The first-order valence-corrected chi connectivity index (χ1v) is 8.32. The van der Waals surface area contributed by atoms with Gasteiger partial charge in [0.25, 0.3) is 0 Å². The van der Waals surface area contributed by atoms with Gasteiger partial charge in [-0.1, -0.05) is 20.8 Å². The molecule has 2 aliphatic rings. The van der Waals surface area contributed by atoms with Gasteiger partial charge in [0.2, 0.25) is 0 Å². The first-order valence-electron chi connectivity index (χ1n) is 8.32. The fourth-order valence-corrected chi connectivity index (χ4v) is 3.53. The third-order valence-electron chi connectivity index (χ3n) is 5.37. The normalized spacial score (nSPS) is 38.7. The van der Waals surface area contributed by atoms with E-state index in [4.69, 9.17) is 9.47 Å². The van der Waals surface area contributed by atoms with Crippen molar-refractivity contribution in [3.8, 4) is 0 Å². The molecule has 4 heteroatoms. The lowest BCUT2D eigenvalue weighted by Crippen LogP contribution is -2.63. The molecule has 1 heterocycles. The molecule has 4 nitrogen and oxygen atoms in total. The minimum Gasteiger partial charge on any atom is -0.378 e. The van der Waals surface area contributed by atoms with Gasteiger partial charge in [-0.15, -0.1) is 0 Å². The minimum absolute atomic E-state index is 0.287. The van der Waals surface area contributed by atoms with Gasteiger partial charge in [0.15, 0.2) is 0 Å². The van der Waals surface area contributed by atoms with Gasteiger partial charge in [-0.05, 0) is 26.3 Å². The summed E-state index contributed by atoms with van der Waals surface area (Å²) in [4.78, 5) is 2.47. The second kappa shape index (κ2) is 7.21. The Hall–Kier alpha value is -0.160. The predicted molar refractivity (Wildman–Crippen MR) is 82.1 cm³/mol. The predicted octanol–water partition coefficient (Wildman–Crippen LogP) is 1.89. The topological polar surface area (TPSA) is 33.7 Å². The quantitative estimate of drug-likeness (QED) is 0.774. The summed E-state index contributed by atoms with van der Waals surface area (Å²) >= 11 is 0. The van der Waals surface area contributed by atoms with Gasteiger partial charge in [-0.2, -0.15) is 0 Å². The number of ether oxygens (including phenoxy) is 2. The molecular formula is C16H32N2O2. The van der Waals surface area contributed by atoms with E-state index in [0.29, 0.717) is 18.2 Å². The highest BCUT2D eigenvalue weighted by Crippen LogP contribution is 2.45. The lowest BCUT2D eigenvalue weighted by molar-refractivity contribution is -0.129. The summed E-state index contributed by atoms with van der Waals surface area (Å²) in [6.07, 6.45) is 3.08. The molecule has 4 atom stereocenters. The zero-order valence-corrected chi connectivity index (χ0v) is 13.7. The summed E-state index contributed by atoms with van der Waals surface area (Å²) in [7, 11) is 0. The molecule has 2 fully saturated rings. The second-order valence-corrected chi connectivity index (χ2v) is 6.39. The largest absolute Gasteiger partial charge is 0.378 e. The van der Waals surface area contributed by atoms with Crippen LogP contribution in [0.15, 0.2) is 0 Å². The van der Waals surface area contributed by atoms with E-state index in [2.05, 4.69) is 37.9 Å². The average Bonchev–Trinajstić information content (AvgIpc) is 2.49. The minimum atomic E-state index is 0.287. The highest BCUT2D eigenvalue weighted by atomic mass is 16.5. The number of hydrogen-bond acceptors (Lipinski definition) is 4. The van der Waals surface area contributed by atoms with E-state index in [1.165, 1.54) is 6.42 Å². The Morgan fingerprint density at radius 2 is 2.15 bits per heavy atom. The Bertz CT molecular complexity index is 300. The zero-order valence-electron chi connectivity index (χ0n) is 13.7. The number of nitrogens with one attached hydrogen (secondary N) is 1. The Balaban J connectivity index is 1.77. The van der Waals surface area contributed by atoms with E-state index in [0.717, 1.165) is 45.8 Å². The first-order chi connectivity index (χ1) is 9.63. The summed E-state index contributed by atoms with van der Waals surface area (Å²) in [6.45, 7) is 14.9. The maximum Gasteiger partial charge on any atom is 0.0826 e. The van der Waals surface area contributed by atoms with Gasteiger partial charge in [0.05, 0.1) is 18.8 Å². The van der Waals surface area contributed by atoms with Gasteiger partial charge < -0.3 is 14.8 Å². The SMILES string of the molecule is CCOC1CC(NCC2CN(CC)CCO2)C1(C)CC. The molecule has 1 aliphatic heterocycles. The Labute approximate surface area is 124 Å². The molecule has 0 aromatic heterocycles. The molecule has 1 N–H and O–H groups in total. The molecule has 0 bridgehead atoms. The molecule has 4 unspecified atom stereocenters. The highest BCUT2D eigenvalue weighted by Gasteiger charge is 2.50. The molecule has 0 aromatic carbocycles. The smallest absolute Gasteiger partial charge is 0.0826 e. The van der Waals surface area contributed by atoms with Crippen LogP contribution in [0.2, 0.25) is 0 Å².